The molecule has 0 aromatic heterocycles. The van der Waals surface area contributed by atoms with E-state index in [4.69, 9.17) is 11.6 Å². The molecule has 1 aliphatic heterocycles. The zero-order chi connectivity index (χ0) is 13.5. The molecule has 2 amide bonds. The van der Waals surface area contributed by atoms with Crippen molar-refractivity contribution in [2.45, 2.75) is 12.2 Å². The molecule has 2 N–H and O–H groups in total. The van der Waals surface area contributed by atoms with Gasteiger partial charge in [0.25, 0.3) is 0 Å². The van der Waals surface area contributed by atoms with Crippen LogP contribution in [-0.2, 0) is 6.18 Å². The summed E-state index contributed by atoms with van der Waals surface area (Å²) in [6.45, 7) is -0.126. The van der Waals surface area contributed by atoms with E-state index >= 15 is 0 Å². The number of halogens is 5. The molecular formula is C10H7ClF4N2O. The highest BCUT2D eigenvalue weighted by Gasteiger charge is 2.39. The third-order valence-corrected chi connectivity index (χ3v) is 2.85. The third kappa shape index (κ3) is 2.22. The Labute approximate surface area is 104 Å². The van der Waals surface area contributed by atoms with Crippen molar-refractivity contribution in [2.75, 3.05) is 6.54 Å². The second kappa shape index (κ2) is 4.31. The van der Waals surface area contributed by atoms with Gasteiger partial charge in [-0.1, -0.05) is 11.6 Å². The molecule has 3 nitrogen and oxygen atoms in total. The first-order chi connectivity index (χ1) is 8.30. The molecule has 1 aromatic rings. The van der Waals surface area contributed by atoms with Crippen molar-refractivity contribution in [2.24, 2.45) is 0 Å². The highest BCUT2D eigenvalue weighted by molar-refractivity contribution is 6.30. The highest BCUT2D eigenvalue weighted by Crippen LogP contribution is 2.38. The van der Waals surface area contributed by atoms with Crippen LogP contribution in [0.4, 0.5) is 22.4 Å². The number of hydrogen-bond acceptors (Lipinski definition) is 1. The number of alkyl halides is 3. The Hall–Kier alpha value is -1.50. The number of rotatable bonds is 1. The second-order valence-corrected chi connectivity index (χ2v) is 4.13. The quantitative estimate of drug-likeness (QED) is 0.764. The van der Waals surface area contributed by atoms with Crippen molar-refractivity contribution in [3.05, 3.63) is 34.1 Å². The Bertz CT molecular complexity index is 503. The number of carbonyl (C=O) groups excluding carboxylic acids is 1. The number of nitrogens with one attached hydrogen (secondary N) is 2. The molecule has 0 saturated carbocycles. The van der Waals surface area contributed by atoms with Crippen LogP contribution in [-0.4, -0.2) is 12.6 Å². The first-order valence-electron chi connectivity index (χ1n) is 4.90. The number of hydrogen-bond donors (Lipinski definition) is 2. The zero-order valence-corrected chi connectivity index (χ0v) is 9.49. The summed E-state index contributed by atoms with van der Waals surface area (Å²) in [5.41, 5.74) is -1.79. The number of benzene rings is 1. The summed E-state index contributed by atoms with van der Waals surface area (Å²) in [7, 11) is 0. The summed E-state index contributed by atoms with van der Waals surface area (Å²) in [6, 6.07) is -0.195. The molecule has 0 unspecified atom stereocenters. The molecule has 0 bridgehead atoms. The minimum Gasteiger partial charge on any atom is -0.336 e. The predicted molar refractivity (Wildman–Crippen MR) is 55.7 cm³/mol. The van der Waals surface area contributed by atoms with E-state index in [1.165, 1.54) is 0 Å². The summed E-state index contributed by atoms with van der Waals surface area (Å²) in [4.78, 5) is 10.9. The third-order valence-electron chi connectivity index (χ3n) is 2.56. The van der Waals surface area contributed by atoms with E-state index in [-0.39, 0.29) is 6.54 Å². The molecule has 18 heavy (non-hydrogen) atoms. The molecule has 1 fully saturated rings. The van der Waals surface area contributed by atoms with Crippen LogP contribution in [0.1, 0.15) is 17.2 Å². The van der Waals surface area contributed by atoms with Gasteiger partial charge in [-0.25, -0.2) is 9.18 Å². The summed E-state index contributed by atoms with van der Waals surface area (Å²) < 4.78 is 52.1. The molecule has 98 valence electrons. The summed E-state index contributed by atoms with van der Waals surface area (Å²) in [5.74, 6) is -1.17. The van der Waals surface area contributed by atoms with Crippen LogP contribution in [0.3, 0.4) is 0 Å². The van der Waals surface area contributed by atoms with Gasteiger partial charge in [-0.2, -0.15) is 13.2 Å². The van der Waals surface area contributed by atoms with Crippen molar-refractivity contribution < 1.29 is 22.4 Å². The van der Waals surface area contributed by atoms with Gasteiger partial charge in [0.2, 0.25) is 0 Å². The van der Waals surface area contributed by atoms with Crippen LogP contribution in [0.15, 0.2) is 12.1 Å². The molecule has 8 heteroatoms. The van der Waals surface area contributed by atoms with Gasteiger partial charge in [0.15, 0.2) is 0 Å². The lowest BCUT2D eigenvalue weighted by atomic mass is 9.99. The Morgan fingerprint density at radius 3 is 2.50 bits per heavy atom. The van der Waals surface area contributed by atoms with Crippen LogP contribution in [0, 0.1) is 5.82 Å². The van der Waals surface area contributed by atoms with Crippen LogP contribution in [0.25, 0.3) is 0 Å². The van der Waals surface area contributed by atoms with Crippen LogP contribution in [0.5, 0.6) is 0 Å². The summed E-state index contributed by atoms with van der Waals surface area (Å²) in [6.07, 6.45) is -4.71. The van der Waals surface area contributed by atoms with Crippen LogP contribution in [0.2, 0.25) is 5.02 Å². The normalized spacial score (nSPS) is 19.6. The van der Waals surface area contributed by atoms with Gasteiger partial charge in [-0.05, 0) is 12.1 Å². The Kier molecular flexibility index (Phi) is 3.10. The second-order valence-electron chi connectivity index (χ2n) is 3.73. The SMILES string of the molecule is O=C1NC[C@H](c2c(C(F)(F)F)ccc(Cl)c2F)N1. The van der Waals surface area contributed by atoms with E-state index in [1.54, 1.807) is 0 Å². The Balaban J connectivity index is 2.55. The number of carbonyl (C=O) groups is 1. The highest BCUT2D eigenvalue weighted by atomic mass is 35.5. The minimum atomic E-state index is -4.71. The number of amides is 2. The van der Waals surface area contributed by atoms with E-state index in [1.807, 2.05) is 0 Å². The predicted octanol–water partition coefficient (Wildman–Crippen LogP) is 2.85. The lowest BCUT2D eigenvalue weighted by Crippen LogP contribution is -2.24. The van der Waals surface area contributed by atoms with E-state index < -0.39 is 40.2 Å². The number of urea groups is 1. The smallest absolute Gasteiger partial charge is 0.336 e. The van der Waals surface area contributed by atoms with Crippen molar-refractivity contribution in [3.8, 4) is 0 Å². The molecule has 1 aliphatic rings. The molecule has 1 saturated heterocycles. The molecule has 1 atom stereocenters. The fourth-order valence-corrected chi connectivity index (χ4v) is 1.95. The van der Waals surface area contributed by atoms with Gasteiger partial charge < -0.3 is 10.6 Å². The van der Waals surface area contributed by atoms with Crippen molar-refractivity contribution in [1.82, 2.24) is 10.6 Å². The maximum Gasteiger partial charge on any atom is 0.416 e. The molecule has 0 spiro atoms. The average molecular weight is 283 g/mol. The molecule has 1 aromatic carbocycles. The zero-order valence-electron chi connectivity index (χ0n) is 8.74. The minimum absolute atomic E-state index is 0.126. The van der Waals surface area contributed by atoms with E-state index in [0.29, 0.717) is 6.07 Å². The molecule has 0 aliphatic carbocycles. The largest absolute Gasteiger partial charge is 0.416 e. The maximum atomic E-state index is 13.8. The molecule has 1 heterocycles. The van der Waals surface area contributed by atoms with E-state index in [2.05, 4.69) is 10.6 Å². The Morgan fingerprint density at radius 2 is 2.00 bits per heavy atom. The van der Waals surface area contributed by atoms with Crippen LogP contribution < -0.4 is 10.6 Å². The maximum absolute atomic E-state index is 13.8. The van der Waals surface area contributed by atoms with Crippen LogP contribution >= 0.6 is 11.6 Å². The topological polar surface area (TPSA) is 41.1 Å². The first-order valence-corrected chi connectivity index (χ1v) is 5.28. The average Bonchev–Trinajstić information content (AvgIpc) is 2.66. The van der Waals surface area contributed by atoms with Gasteiger partial charge in [-0.15, -0.1) is 0 Å². The Morgan fingerprint density at radius 1 is 1.33 bits per heavy atom. The van der Waals surface area contributed by atoms with Gasteiger partial charge in [0, 0.05) is 12.1 Å². The molecule has 0 radical (unpaired) electrons. The van der Waals surface area contributed by atoms with Crippen molar-refractivity contribution in [1.29, 1.82) is 0 Å². The molecular weight excluding hydrogens is 276 g/mol. The summed E-state index contributed by atoms with van der Waals surface area (Å²) >= 11 is 5.48. The van der Waals surface area contributed by atoms with E-state index in [0.717, 1.165) is 6.07 Å². The monoisotopic (exact) mass is 282 g/mol. The lowest BCUT2D eigenvalue weighted by molar-refractivity contribution is -0.138. The standard InChI is InChI=1S/C10H7ClF4N2O/c11-5-2-1-4(10(13,14)15)7(8(5)12)6-3-16-9(18)17-6/h1-2,6H,3H2,(H2,16,17,18)/t6-/m1/s1. The summed E-state index contributed by atoms with van der Waals surface area (Å²) in [5, 5.41) is 4.05. The fraction of sp³-hybridized carbons (Fsp3) is 0.300. The van der Waals surface area contributed by atoms with Crippen molar-refractivity contribution in [3.63, 3.8) is 0 Å². The molecule has 2 rings (SSSR count). The van der Waals surface area contributed by atoms with Gasteiger partial charge in [0.05, 0.1) is 16.6 Å². The van der Waals surface area contributed by atoms with E-state index in [9.17, 15) is 22.4 Å². The fourth-order valence-electron chi connectivity index (χ4n) is 1.78. The first kappa shape index (κ1) is 12.9. The van der Waals surface area contributed by atoms with Crippen molar-refractivity contribution >= 4 is 17.6 Å². The van der Waals surface area contributed by atoms with Gasteiger partial charge in [-0.3, -0.25) is 0 Å². The van der Waals surface area contributed by atoms with Gasteiger partial charge in [0.1, 0.15) is 5.82 Å². The lowest BCUT2D eigenvalue weighted by Gasteiger charge is -2.18. The van der Waals surface area contributed by atoms with Gasteiger partial charge >= 0.3 is 12.2 Å².